The van der Waals surface area contributed by atoms with E-state index in [1.165, 1.54) is 4.90 Å². The van der Waals surface area contributed by atoms with E-state index in [1.807, 2.05) is 49.0 Å². The zero-order chi connectivity index (χ0) is 16.9. The van der Waals surface area contributed by atoms with E-state index >= 15 is 0 Å². The molecular formula is C19H19ClNO2S+. The summed E-state index contributed by atoms with van der Waals surface area (Å²) in [7, 11) is 0. The van der Waals surface area contributed by atoms with Gasteiger partial charge in [0.2, 0.25) is 0 Å². The summed E-state index contributed by atoms with van der Waals surface area (Å²) in [6.07, 6.45) is 0. The van der Waals surface area contributed by atoms with Gasteiger partial charge in [0.15, 0.2) is 0 Å². The van der Waals surface area contributed by atoms with Crippen molar-refractivity contribution in [1.82, 2.24) is 0 Å². The molecule has 0 aliphatic rings. The summed E-state index contributed by atoms with van der Waals surface area (Å²) in [6, 6.07) is 15.6. The van der Waals surface area contributed by atoms with Crippen molar-refractivity contribution in [2.75, 3.05) is 12.3 Å². The fourth-order valence-electron chi connectivity index (χ4n) is 2.55. The summed E-state index contributed by atoms with van der Waals surface area (Å²) in [5.74, 6) is 1.02. The molecule has 0 unspecified atom stereocenters. The molecule has 3 rings (SSSR count). The number of fused-ring (bicyclic) bond motifs is 1. The number of rotatable bonds is 6. The van der Waals surface area contributed by atoms with Crippen LogP contribution in [0.25, 0.3) is 11.0 Å². The number of thioether (sulfide) groups is 1. The molecule has 0 spiro atoms. The molecular weight excluding hydrogens is 342 g/mol. The number of benzene rings is 2. The zero-order valence-corrected chi connectivity index (χ0v) is 15.0. The van der Waals surface area contributed by atoms with Gasteiger partial charge in [-0.15, -0.1) is 11.8 Å². The Hall–Kier alpha value is -1.75. The summed E-state index contributed by atoms with van der Waals surface area (Å²) < 4.78 is 5.29. The van der Waals surface area contributed by atoms with Crippen molar-refractivity contribution in [3.8, 4) is 0 Å². The summed E-state index contributed by atoms with van der Waals surface area (Å²) in [4.78, 5) is 13.0. The minimum atomic E-state index is -0.314. The highest BCUT2D eigenvalue weighted by Gasteiger charge is 2.09. The van der Waals surface area contributed by atoms with Crippen molar-refractivity contribution in [3.63, 3.8) is 0 Å². The van der Waals surface area contributed by atoms with Gasteiger partial charge in [0.1, 0.15) is 12.1 Å². The fraction of sp³-hybridized carbons (Fsp3) is 0.211. The molecule has 2 N–H and O–H groups in total. The molecule has 1 aromatic heterocycles. The highest BCUT2D eigenvalue weighted by Crippen LogP contribution is 2.24. The SMILES string of the molecule is Cc1cc2oc(=O)cc(C[NH2+]CCSc3ccccc3)c2cc1Cl. The average Bonchev–Trinajstić information content (AvgIpc) is 2.57. The smallest absolute Gasteiger partial charge is 0.336 e. The number of aryl methyl sites for hydroxylation is 1. The van der Waals surface area contributed by atoms with E-state index in [1.54, 1.807) is 6.07 Å². The van der Waals surface area contributed by atoms with Crippen LogP contribution in [0.3, 0.4) is 0 Å². The highest BCUT2D eigenvalue weighted by molar-refractivity contribution is 7.99. The molecule has 1 heterocycles. The van der Waals surface area contributed by atoms with Gasteiger partial charge in [-0.1, -0.05) is 29.8 Å². The Morgan fingerprint density at radius 3 is 2.75 bits per heavy atom. The molecule has 0 saturated heterocycles. The minimum Gasteiger partial charge on any atom is -0.423 e. The fourth-order valence-corrected chi connectivity index (χ4v) is 3.58. The predicted octanol–water partition coefficient (Wildman–Crippen LogP) is 3.61. The van der Waals surface area contributed by atoms with E-state index in [-0.39, 0.29) is 5.63 Å². The molecule has 3 nitrogen and oxygen atoms in total. The monoisotopic (exact) mass is 360 g/mol. The Bertz CT molecular complexity index is 893. The number of halogens is 1. The molecule has 5 heteroatoms. The van der Waals surface area contributed by atoms with Crippen LogP contribution in [0.15, 0.2) is 62.6 Å². The largest absolute Gasteiger partial charge is 0.423 e. The first-order valence-corrected chi connectivity index (χ1v) is 9.22. The maximum atomic E-state index is 11.8. The first-order chi connectivity index (χ1) is 11.6. The molecule has 0 radical (unpaired) electrons. The van der Waals surface area contributed by atoms with Crippen LogP contribution in [0, 0.1) is 6.92 Å². The lowest BCUT2D eigenvalue weighted by molar-refractivity contribution is -0.666. The maximum absolute atomic E-state index is 11.8. The van der Waals surface area contributed by atoms with Crippen molar-refractivity contribution in [1.29, 1.82) is 0 Å². The van der Waals surface area contributed by atoms with Gasteiger partial charge in [-0.2, -0.15) is 0 Å². The van der Waals surface area contributed by atoms with Gasteiger partial charge < -0.3 is 9.73 Å². The third-order valence-corrected chi connectivity index (χ3v) is 5.26. The molecule has 0 saturated carbocycles. The van der Waals surface area contributed by atoms with Gasteiger partial charge in [-0.25, -0.2) is 4.79 Å². The second-order valence-corrected chi connectivity index (χ2v) is 7.21. The van der Waals surface area contributed by atoms with Gasteiger partial charge in [-0.05, 0) is 36.8 Å². The quantitative estimate of drug-likeness (QED) is 0.415. The van der Waals surface area contributed by atoms with Crippen molar-refractivity contribution in [3.05, 3.63) is 75.1 Å². The van der Waals surface area contributed by atoms with Crippen LogP contribution < -0.4 is 10.9 Å². The maximum Gasteiger partial charge on any atom is 0.336 e. The molecule has 24 heavy (non-hydrogen) atoms. The van der Waals surface area contributed by atoms with Crippen molar-refractivity contribution in [2.24, 2.45) is 0 Å². The average molecular weight is 361 g/mol. The molecule has 0 aliphatic heterocycles. The van der Waals surface area contributed by atoms with E-state index in [0.29, 0.717) is 10.6 Å². The van der Waals surface area contributed by atoms with E-state index in [9.17, 15) is 4.79 Å². The lowest BCUT2D eigenvalue weighted by Crippen LogP contribution is -2.83. The number of nitrogens with two attached hydrogens (primary N) is 1. The van der Waals surface area contributed by atoms with E-state index in [0.717, 1.165) is 35.4 Å². The van der Waals surface area contributed by atoms with E-state index in [4.69, 9.17) is 16.0 Å². The van der Waals surface area contributed by atoms with Gasteiger partial charge >= 0.3 is 5.63 Å². The van der Waals surface area contributed by atoms with Gasteiger partial charge in [0, 0.05) is 32.7 Å². The topological polar surface area (TPSA) is 46.8 Å². The molecule has 2 aromatic carbocycles. The molecule has 124 valence electrons. The lowest BCUT2D eigenvalue weighted by Gasteiger charge is -2.07. The van der Waals surface area contributed by atoms with Crippen LogP contribution in [0.4, 0.5) is 0 Å². The lowest BCUT2D eigenvalue weighted by atomic mass is 10.1. The van der Waals surface area contributed by atoms with Crippen molar-refractivity contribution < 1.29 is 9.73 Å². The second kappa shape index (κ2) is 7.88. The molecule has 3 aromatic rings. The predicted molar refractivity (Wildman–Crippen MR) is 99.9 cm³/mol. The van der Waals surface area contributed by atoms with Crippen molar-refractivity contribution >= 4 is 34.3 Å². The summed E-state index contributed by atoms with van der Waals surface area (Å²) in [6.45, 7) is 3.61. The highest BCUT2D eigenvalue weighted by atomic mass is 35.5. The molecule has 0 bridgehead atoms. The summed E-state index contributed by atoms with van der Waals surface area (Å²) >= 11 is 8.05. The van der Waals surface area contributed by atoms with E-state index < -0.39 is 0 Å². The Morgan fingerprint density at radius 1 is 1.17 bits per heavy atom. The minimum absolute atomic E-state index is 0.314. The van der Waals surface area contributed by atoms with Gasteiger partial charge in [0.05, 0.1) is 6.54 Å². The van der Waals surface area contributed by atoms with Crippen LogP contribution >= 0.6 is 23.4 Å². The van der Waals surface area contributed by atoms with E-state index in [2.05, 4.69) is 17.4 Å². The molecule has 0 atom stereocenters. The normalized spacial score (nSPS) is 11.1. The first-order valence-electron chi connectivity index (χ1n) is 7.86. The standard InChI is InChI=1S/C19H18ClNO2S/c1-13-9-18-16(11-17(13)20)14(10-19(22)23-18)12-21-7-8-24-15-5-3-2-4-6-15/h2-6,9-11,21H,7-8,12H2,1H3/p+1. The number of quaternary nitrogens is 1. The third-order valence-electron chi connectivity index (χ3n) is 3.81. The zero-order valence-electron chi connectivity index (χ0n) is 13.4. The van der Waals surface area contributed by atoms with Crippen molar-refractivity contribution in [2.45, 2.75) is 18.4 Å². The summed E-state index contributed by atoms with van der Waals surface area (Å²) in [5.41, 5.74) is 2.17. The molecule has 0 amide bonds. The Labute approximate surface area is 150 Å². The van der Waals surface area contributed by atoms with Crippen LogP contribution in [0.5, 0.6) is 0 Å². The molecule has 0 fully saturated rings. The van der Waals surface area contributed by atoms with Crippen LogP contribution in [-0.2, 0) is 6.54 Å². The van der Waals surface area contributed by atoms with Crippen LogP contribution in [0.2, 0.25) is 5.02 Å². The van der Waals surface area contributed by atoms with Crippen LogP contribution in [0.1, 0.15) is 11.1 Å². The molecule has 0 aliphatic carbocycles. The summed E-state index contributed by atoms with van der Waals surface area (Å²) in [5, 5.41) is 3.81. The number of hydrogen-bond donors (Lipinski definition) is 1. The third kappa shape index (κ3) is 4.20. The van der Waals surface area contributed by atoms with Crippen LogP contribution in [-0.4, -0.2) is 12.3 Å². The Balaban J connectivity index is 1.64. The Kier molecular flexibility index (Phi) is 5.61. The number of hydrogen-bond acceptors (Lipinski definition) is 3. The van der Waals surface area contributed by atoms with Gasteiger partial charge in [-0.3, -0.25) is 0 Å². The Morgan fingerprint density at radius 2 is 1.96 bits per heavy atom. The first kappa shape index (κ1) is 17.1. The second-order valence-electron chi connectivity index (χ2n) is 5.63. The van der Waals surface area contributed by atoms with Gasteiger partial charge in [0.25, 0.3) is 0 Å².